The maximum atomic E-state index is 12.4. The van der Waals surface area contributed by atoms with E-state index in [1.54, 1.807) is 0 Å². The third-order valence-corrected chi connectivity index (χ3v) is 3.44. The second-order valence-electron chi connectivity index (χ2n) is 5.49. The van der Waals surface area contributed by atoms with Crippen molar-refractivity contribution in [3.63, 3.8) is 0 Å². The van der Waals surface area contributed by atoms with Gasteiger partial charge in [-0.2, -0.15) is 0 Å². The Bertz CT molecular complexity index is 756. The number of hydrogen-bond acceptors (Lipinski definition) is 7. The van der Waals surface area contributed by atoms with Gasteiger partial charge in [0, 0.05) is 26.3 Å². The predicted octanol–water partition coefficient (Wildman–Crippen LogP) is 0.972. The molecule has 3 amide bonds. The lowest BCUT2D eigenvalue weighted by atomic mass is 10.1. The van der Waals surface area contributed by atoms with E-state index in [1.807, 2.05) is 6.92 Å². The summed E-state index contributed by atoms with van der Waals surface area (Å²) in [5.74, 6) is -3.95. The van der Waals surface area contributed by atoms with Crippen LogP contribution in [0, 0.1) is 0 Å². The molecule has 26 heavy (non-hydrogen) atoms. The van der Waals surface area contributed by atoms with E-state index in [4.69, 9.17) is 9.57 Å². The summed E-state index contributed by atoms with van der Waals surface area (Å²) in [6.45, 7) is 3.37. The molecule has 1 heterocycles. The van der Waals surface area contributed by atoms with Gasteiger partial charge in [0.05, 0.1) is 5.56 Å². The van der Waals surface area contributed by atoms with Crippen molar-refractivity contribution in [2.24, 2.45) is 0 Å². The van der Waals surface area contributed by atoms with Crippen LogP contribution < -0.4 is 10.1 Å². The highest BCUT2D eigenvalue weighted by atomic mass is 16.7. The molecule has 9 heteroatoms. The van der Waals surface area contributed by atoms with Gasteiger partial charge >= 0.3 is 11.9 Å². The normalized spacial score (nSPS) is 13.5. The van der Waals surface area contributed by atoms with Crippen molar-refractivity contribution in [2.45, 2.75) is 33.1 Å². The van der Waals surface area contributed by atoms with Crippen molar-refractivity contribution in [1.29, 1.82) is 0 Å². The Kier molecular flexibility index (Phi) is 6.05. The van der Waals surface area contributed by atoms with E-state index < -0.39 is 29.7 Å². The molecule has 1 aliphatic heterocycles. The standard InChI is InChI=1S/C17H18N2O7/c1-3-9-18-16(23)11-5-4-6-12(15(11)25-10(2)20)17(24)26-19-13(21)7-8-14(19)22/h4-6H,3,7-9H2,1-2H3,(H,18,23). The fourth-order valence-corrected chi connectivity index (χ4v) is 2.25. The van der Waals surface area contributed by atoms with E-state index in [2.05, 4.69) is 5.32 Å². The maximum Gasteiger partial charge on any atom is 0.367 e. The summed E-state index contributed by atoms with van der Waals surface area (Å²) in [7, 11) is 0. The summed E-state index contributed by atoms with van der Waals surface area (Å²) < 4.78 is 5.03. The molecule has 1 aliphatic rings. The van der Waals surface area contributed by atoms with E-state index in [-0.39, 0.29) is 29.7 Å². The van der Waals surface area contributed by atoms with E-state index in [9.17, 15) is 24.0 Å². The van der Waals surface area contributed by atoms with Crippen LogP contribution in [0.15, 0.2) is 18.2 Å². The number of carbonyl (C=O) groups excluding carboxylic acids is 5. The first-order valence-corrected chi connectivity index (χ1v) is 8.02. The molecular formula is C17H18N2O7. The first kappa shape index (κ1) is 19.1. The van der Waals surface area contributed by atoms with Gasteiger partial charge in [-0.05, 0) is 18.6 Å². The van der Waals surface area contributed by atoms with Crippen LogP contribution in [0.4, 0.5) is 0 Å². The highest BCUT2D eigenvalue weighted by Crippen LogP contribution is 2.26. The number of ether oxygens (including phenoxy) is 1. The number of esters is 1. The average Bonchev–Trinajstić information content (AvgIpc) is 2.91. The van der Waals surface area contributed by atoms with Crippen LogP contribution >= 0.6 is 0 Å². The lowest BCUT2D eigenvalue weighted by Gasteiger charge is -2.16. The fourth-order valence-electron chi connectivity index (χ4n) is 2.25. The first-order chi connectivity index (χ1) is 12.3. The van der Waals surface area contributed by atoms with Gasteiger partial charge in [0.2, 0.25) is 0 Å². The molecule has 0 unspecified atom stereocenters. The van der Waals surface area contributed by atoms with Crippen molar-refractivity contribution in [3.8, 4) is 5.75 Å². The Morgan fingerprint density at radius 2 is 1.73 bits per heavy atom. The molecule has 138 valence electrons. The fraction of sp³-hybridized carbons (Fsp3) is 0.353. The molecule has 0 saturated carbocycles. The third-order valence-electron chi connectivity index (χ3n) is 3.44. The molecule has 1 fully saturated rings. The summed E-state index contributed by atoms with van der Waals surface area (Å²) in [4.78, 5) is 64.1. The molecule has 0 bridgehead atoms. The van der Waals surface area contributed by atoms with Crippen LogP contribution in [0.2, 0.25) is 0 Å². The minimum absolute atomic E-state index is 0.0397. The number of hydroxylamine groups is 2. The van der Waals surface area contributed by atoms with Crippen LogP contribution in [0.3, 0.4) is 0 Å². The summed E-state index contributed by atoms with van der Waals surface area (Å²) in [5, 5.41) is 2.99. The molecule has 1 aromatic rings. The third kappa shape index (κ3) is 4.24. The molecule has 0 spiro atoms. The summed E-state index contributed by atoms with van der Waals surface area (Å²) in [5.41, 5.74) is -0.293. The zero-order valence-electron chi connectivity index (χ0n) is 14.4. The number of carbonyl (C=O) groups is 5. The van der Waals surface area contributed by atoms with Gasteiger partial charge in [0.1, 0.15) is 5.56 Å². The minimum atomic E-state index is -1.09. The number of imide groups is 1. The zero-order chi connectivity index (χ0) is 19.3. The molecular weight excluding hydrogens is 344 g/mol. The van der Waals surface area contributed by atoms with Crippen LogP contribution in [-0.4, -0.2) is 41.3 Å². The summed E-state index contributed by atoms with van der Waals surface area (Å²) >= 11 is 0. The molecule has 0 atom stereocenters. The topological polar surface area (TPSA) is 119 Å². The number of nitrogens with zero attached hydrogens (tertiary/aromatic N) is 1. The molecule has 1 aromatic carbocycles. The molecule has 0 aromatic heterocycles. The van der Waals surface area contributed by atoms with Crippen molar-refractivity contribution in [2.75, 3.05) is 6.54 Å². The van der Waals surface area contributed by atoms with Crippen LogP contribution in [0.1, 0.15) is 53.8 Å². The Labute approximate surface area is 149 Å². The Morgan fingerprint density at radius 1 is 1.12 bits per heavy atom. The summed E-state index contributed by atoms with van der Waals surface area (Å²) in [6.07, 6.45) is 0.584. The van der Waals surface area contributed by atoms with E-state index in [1.165, 1.54) is 18.2 Å². The molecule has 1 saturated heterocycles. The predicted molar refractivity (Wildman–Crippen MR) is 86.9 cm³/mol. The van der Waals surface area contributed by atoms with Crippen molar-refractivity contribution < 1.29 is 33.5 Å². The lowest BCUT2D eigenvalue weighted by molar-refractivity contribution is -0.172. The Morgan fingerprint density at radius 3 is 2.31 bits per heavy atom. The highest BCUT2D eigenvalue weighted by Gasteiger charge is 2.34. The van der Waals surface area contributed by atoms with Crippen LogP contribution in [-0.2, 0) is 19.2 Å². The number of nitrogens with one attached hydrogen (secondary N) is 1. The van der Waals surface area contributed by atoms with Gasteiger partial charge in [0.15, 0.2) is 5.75 Å². The second kappa shape index (κ2) is 8.24. The van der Waals surface area contributed by atoms with E-state index in [0.29, 0.717) is 18.0 Å². The van der Waals surface area contributed by atoms with Gasteiger partial charge in [-0.3, -0.25) is 19.2 Å². The number of hydrogen-bond donors (Lipinski definition) is 1. The van der Waals surface area contributed by atoms with Gasteiger partial charge in [-0.25, -0.2) is 4.79 Å². The SMILES string of the molecule is CCCNC(=O)c1cccc(C(=O)ON2C(=O)CCC2=O)c1OC(C)=O. The average molecular weight is 362 g/mol. The van der Waals surface area contributed by atoms with Gasteiger partial charge in [-0.15, -0.1) is 5.06 Å². The monoisotopic (exact) mass is 362 g/mol. The number of benzene rings is 1. The van der Waals surface area contributed by atoms with E-state index in [0.717, 1.165) is 6.92 Å². The largest absolute Gasteiger partial charge is 0.425 e. The van der Waals surface area contributed by atoms with Gasteiger partial charge < -0.3 is 14.9 Å². The Hall–Kier alpha value is -3.23. The highest BCUT2D eigenvalue weighted by molar-refractivity contribution is 6.05. The molecule has 0 radical (unpaired) electrons. The minimum Gasteiger partial charge on any atom is -0.425 e. The molecule has 2 rings (SSSR count). The van der Waals surface area contributed by atoms with Crippen molar-refractivity contribution >= 4 is 29.7 Å². The first-order valence-electron chi connectivity index (χ1n) is 8.02. The molecule has 0 aliphatic carbocycles. The maximum absolute atomic E-state index is 12.4. The van der Waals surface area contributed by atoms with Crippen molar-refractivity contribution in [3.05, 3.63) is 29.3 Å². The number of para-hydroxylation sites is 1. The van der Waals surface area contributed by atoms with E-state index >= 15 is 0 Å². The number of amides is 3. The summed E-state index contributed by atoms with van der Waals surface area (Å²) in [6, 6.07) is 4.05. The van der Waals surface area contributed by atoms with Crippen LogP contribution in [0.5, 0.6) is 5.75 Å². The van der Waals surface area contributed by atoms with Crippen molar-refractivity contribution in [1.82, 2.24) is 10.4 Å². The van der Waals surface area contributed by atoms with Crippen LogP contribution in [0.25, 0.3) is 0 Å². The number of rotatable bonds is 6. The van der Waals surface area contributed by atoms with Gasteiger partial charge in [-0.1, -0.05) is 13.0 Å². The molecule has 1 N–H and O–H groups in total. The quantitative estimate of drug-likeness (QED) is 0.455. The smallest absolute Gasteiger partial charge is 0.367 e. The zero-order valence-corrected chi connectivity index (χ0v) is 14.4. The van der Waals surface area contributed by atoms with Gasteiger partial charge in [0.25, 0.3) is 17.7 Å². The second-order valence-corrected chi connectivity index (χ2v) is 5.49. The lowest BCUT2D eigenvalue weighted by Crippen LogP contribution is -2.32. The Balaban J connectivity index is 2.35. The molecule has 9 nitrogen and oxygen atoms in total.